The smallest absolute Gasteiger partial charge is 0.220 e. The first-order valence-electron chi connectivity index (χ1n) is 8.91. The Kier molecular flexibility index (Phi) is 4.64. The van der Waals surface area contributed by atoms with E-state index in [1.807, 2.05) is 47.1 Å². The number of para-hydroxylation sites is 1. The van der Waals surface area contributed by atoms with Gasteiger partial charge in [-0.15, -0.1) is 10.2 Å². The molecule has 0 radical (unpaired) electrons. The van der Waals surface area contributed by atoms with E-state index in [1.165, 1.54) is 10.9 Å². The van der Waals surface area contributed by atoms with Gasteiger partial charge in [0.25, 0.3) is 0 Å². The molecule has 3 aromatic heterocycles. The number of nitrogens with one attached hydrogen (secondary N) is 2. The zero-order valence-corrected chi connectivity index (χ0v) is 14.5. The third-order valence-corrected chi connectivity index (χ3v) is 4.58. The molecule has 132 valence electrons. The van der Waals surface area contributed by atoms with Crippen LogP contribution in [0.25, 0.3) is 16.6 Å². The Morgan fingerprint density at radius 2 is 1.96 bits per heavy atom. The molecule has 4 rings (SSSR count). The number of H-pyrrole nitrogens is 1. The second kappa shape index (κ2) is 7.39. The van der Waals surface area contributed by atoms with Crippen molar-refractivity contribution in [1.29, 1.82) is 0 Å². The first kappa shape index (κ1) is 16.3. The van der Waals surface area contributed by atoms with Crippen molar-refractivity contribution in [3.8, 4) is 0 Å². The Balaban J connectivity index is 1.23. The van der Waals surface area contributed by atoms with Gasteiger partial charge in [-0.1, -0.05) is 24.3 Å². The number of benzene rings is 1. The molecule has 0 aliphatic carbocycles. The van der Waals surface area contributed by atoms with Crippen LogP contribution >= 0.6 is 0 Å². The topological polar surface area (TPSA) is 75.1 Å². The van der Waals surface area contributed by atoms with E-state index in [2.05, 4.69) is 32.6 Å². The van der Waals surface area contributed by atoms with Crippen LogP contribution in [0, 0.1) is 0 Å². The Morgan fingerprint density at radius 3 is 2.92 bits per heavy atom. The first-order valence-corrected chi connectivity index (χ1v) is 8.91. The highest BCUT2D eigenvalue weighted by Gasteiger charge is 2.07. The van der Waals surface area contributed by atoms with E-state index in [9.17, 15) is 4.79 Å². The highest BCUT2D eigenvalue weighted by Crippen LogP contribution is 2.17. The zero-order chi connectivity index (χ0) is 17.8. The van der Waals surface area contributed by atoms with E-state index < -0.39 is 0 Å². The van der Waals surface area contributed by atoms with Gasteiger partial charge in [-0.3, -0.25) is 9.20 Å². The van der Waals surface area contributed by atoms with E-state index in [-0.39, 0.29) is 5.91 Å². The van der Waals surface area contributed by atoms with Gasteiger partial charge in [0.15, 0.2) is 5.65 Å². The second-order valence-electron chi connectivity index (χ2n) is 6.36. The number of aromatic amines is 1. The van der Waals surface area contributed by atoms with Crippen LogP contribution in [-0.4, -0.2) is 32.0 Å². The van der Waals surface area contributed by atoms with E-state index in [0.29, 0.717) is 13.0 Å². The predicted octanol–water partition coefficient (Wildman–Crippen LogP) is 2.89. The van der Waals surface area contributed by atoms with Gasteiger partial charge in [-0.25, -0.2) is 0 Å². The van der Waals surface area contributed by atoms with Crippen LogP contribution < -0.4 is 5.32 Å². The highest BCUT2D eigenvalue weighted by molar-refractivity contribution is 5.83. The maximum atomic E-state index is 12.1. The summed E-state index contributed by atoms with van der Waals surface area (Å²) in [6.45, 7) is 0.647. The molecular weight excluding hydrogens is 326 g/mol. The van der Waals surface area contributed by atoms with Crippen LogP contribution in [0.2, 0.25) is 0 Å². The van der Waals surface area contributed by atoms with Crippen molar-refractivity contribution in [2.75, 3.05) is 6.54 Å². The lowest BCUT2D eigenvalue weighted by Crippen LogP contribution is -2.25. The van der Waals surface area contributed by atoms with Crippen molar-refractivity contribution in [3.05, 3.63) is 66.2 Å². The molecule has 4 aromatic rings. The van der Waals surface area contributed by atoms with Crippen LogP contribution in [-0.2, 0) is 17.6 Å². The van der Waals surface area contributed by atoms with Crippen molar-refractivity contribution < 1.29 is 4.79 Å². The summed E-state index contributed by atoms with van der Waals surface area (Å²) in [6, 6.07) is 14.0. The first-order chi connectivity index (χ1) is 12.8. The Hall–Kier alpha value is -3.15. The van der Waals surface area contributed by atoms with Crippen LogP contribution in [0.5, 0.6) is 0 Å². The fraction of sp³-hybridized carbons (Fsp3) is 0.250. The average Bonchev–Trinajstić information content (AvgIpc) is 3.27. The third-order valence-electron chi connectivity index (χ3n) is 4.58. The number of aromatic nitrogens is 4. The molecule has 1 amide bonds. The summed E-state index contributed by atoms with van der Waals surface area (Å²) in [7, 11) is 0. The van der Waals surface area contributed by atoms with Gasteiger partial charge in [0, 0.05) is 42.7 Å². The number of fused-ring (bicyclic) bond motifs is 2. The summed E-state index contributed by atoms with van der Waals surface area (Å²) in [4.78, 5) is 15.3. The summed E-state index contributed by atoms with van der Waals surface area (Å²) in [6.07, 6.45) is 6.79. The third kappa shape index (κ3) is 3.44. The van der Waals surface area contributed by atoms with Crippen molar-refractivity contribution in [2.45, 2.75) is 25.7 Å². The largest absolute Gasteiger partial charge is 0.361 e. The molecule has 1 aromatic carbocycles. The van der Waals surface area contributed by atoms with E-state index in [4.69, 9.17) is 0 Å². The van der Waals surface area contributed by atoms with Crippen molar-refractivity contribution in [2.24, 2.45) is 0 Å². The second-order valence-corrected chi connectivity index (χ2v) is 6.36. The van der Waals surface area contributed by atoms with E-state index in [1.54, 1.807) is 0 Å². The highest BCUT2D eigenvalue weighted by atomic mass is 16.1. The minimum absolute atomic E-state index is 0.0821. The van der Waals surface area contributed by atoms with Crippen LogP contribution in [0.15, 0.2) is 54.9 Å². The number of amides is 1. The fourth-order valence-electron chi connectivity index (χ4n) is 3.23. The molecule has 6 heteroatoms. The van der Waals surface area contributed by atoms with Crippen LogP contribution in [0.4, 0.5) is 0 Å². The number of carbonyl (C=O) groups is 1. The fourth-order valence-corrected chi connectivity index (χ4v) is 3.23. The summed E-state index contributed by atoms with van der Waals surface area (Å²) in [5, 5.41) is 12.6. The zero-order valence-electron chi connectivity index (χ0n) is 14.5. The molecule has 0 aliphatic heterocycles. The number of pyridine rings is 1. The van der Waals surface area contributed by atoms with Gasteiger partial charge in [-0.05, 0) is 36.6 Å². The molecule has 0 fully saturated rings. The maximum absolute atomic E-state index is 12.1. The SMILES string of the molecule is O=C(CCCc1nnc2ccccn12)NCCc1c[nH]c2ccccc12. The number of nitrogens with zero attached hydrogens (tertiary/aromatic N) is 3. The minimum Gasteiger partial charge on any atom is -0.361 e. The van der Waals surface area contributed by atoms with Gasteiger partial charge in [0.05, 0.1) is 0 Å². The minimum atomic E-state index is 0.0821. The van der Waals surface area contributed by atoms with Gasteiger partial charge >= 0.3 is 0 Å². The molecule has 0 spiro atoms. The summed E-state index contributed by atoms with van der Waals surface area (Å²) in [5.41, 5.74) is 3.20. The molecule has 0 saturated heterocycles. The molecular formula is C20H21N5O. The standard InChI is InChI=1S/C20H21N5O/c26-20(10-5-9-19-24-23-18-8-3-4-13-25(18)19)21-12-11-15-14-22-17-7-2-1-6-16(15)17/h1-4,6-8,13-14,22H,5,9-12H2,(H,21,26). The Labute approximate surface area is 151 Å². The molecule has 3 heterocycles. The summed E-state index contributed by atoms with van der Waals surface area (Å²) >= 11 is 0. The Bertz CT molecular complexity index is 951. The molecule has 0 unspecified atom stereocenters. The molecule has 6 nitrogen and oxygen atoms in total. The summed E-state index contributed by atoms with van der Waals surface area (Å²) < 4.78 is 1.97. The van der Waals surface area contributed by atoms with Crippen LogP contribution in [0.3, 0.4) is 0 Å². The molecule has 2 N–H and O–H groups in total. The number of hydrogen-bond acceptors (Lipinski definition) is 3. The molecule has 0 aliphatic rings. The quantitative estimate of drug-likeness (QED) is 0.540. The van der Waals surface area contributed by atoms with Gasteiger partial charge in [0.1, 0.15) is 5.82 Å². The van der Waals surface area contributed by atoms with Crippen molar-refractivity contribution >= 4 is 22.5 Å². The lowest BCUT2D eigenvalue weighted by Gasteiger charge is -2.05. The number of rotatable bonds is 7. The molecule has 0 bridgehead atoms. The van der Waals surface area contributed by atoms with Gasteiger partial charge < -0.3 is 10.3 Å². The van der Waals surface area contributed by atoms with Crippen molar-refractivity contribution in [1.82, 2.24) is 24.9 Å². The molecule has 0 atom stereocenters. The average molecular weight is 347 g/mol. The Morgan fingerprint density at radius 1 is 1.08 bits per heavy atom. The number of aryl methyl sites for hydroxylation is 1. The lowest BCUT2D eigenvalue weighted by atomic mass is 10.1. The molecule has 26 heavy (non-hydrogen) atoms. The van der Waals surface area contributed by atoms with E-state index >= 15 is 0 Å². The van der Waals surface area contributed by atoms with Crippen molar-refractivity contribution in [3.63, 3.8) is 0 Å². The normalized spacial score (nSPS) is 11.2. The number of carbonyl (C=O) groups excluding carboxylic acids is 1. The number of hydrogen-bond donors (Lipinski definition) is 2. The van der Waals surface area contributed by atoms with Crippen LogP contribution in [0.1, 0.15) is 24.2 Å². The van der Waals surface area contributed by atoms with E-state index in [0.717, 1.165) is 36.3 Å². The predicted molar refractivity (Wildman–Crippen MR) is 101 cm³/mol. The lowest BCUT2D eigenvalue weighted by molar-refractivity contribution is -0.121. The summed E-state index contributed by atoms with van der Waals surface area (Å²) in [5.74, 6) is 0.978. The monoisotopic (exact) mass is 347 g/mol. The van der Waals surface area contributed by atoms with Gasteiger partial charge in [0.2, 0.25) is 5.91 Å². The molecule has 0 saturated carbocycles. The van der Waals surface area contributed by atoms with Gasteiger partial charge in [-0.2, -0.15) is 0 Å². The maximum Gasteiger partial charge on any atom is 0.220 e.